The summed E-state index contributed by atoms with van der Waals surface area (Å²) in [6.45, 7) is 9.21. The van der Waals surface area contributed by atoms with Gasteiger partial charge in [0, 0.05) is 50.9 Å². The molecule has 3 aliphatic heterocycles. The Morgan fingerprint density at radius 2 is 1.94 bits per heavy atom. The second kappa shape index (κ2) is 12.4. The number of halogens is 1. The van der Waals surface area contributed by atoms with Crippen molar-refractivity contribution < 1.29 is 14.2 Å². The predicted octanol–water partition coefficient (Wildman–Crippen LogP) is 3.09. The molecule has 4 rings (SSSR count). The maximum Gasteiger partial charge on any atom is 0.191 e. The Balaban J connectivity index is 0.00000289. The van der Waals surface area contributed by atoms with E-state index in [-0.39, 0.29) is 35.6 Å². The molecular weight excluding hydrogens is 519 g/mol. The third-order valence-corrected chi connectivity index (χ3v) is 6.86. The lowest BCUT2D eigenvalue weighted by molar-refractivity contribution is -0.0164. The monoisotopic (exact) mass is 558 g/mol. The minimum Gasteiger partial charge on any atom is -0.488 e. The zero-order valence-electron chi connectivity index (χ0n) is 19.5. The first-order chi connectivity index (χ1) is 15.2. The van der Waals surface area contributed by atoms with Gasteiger partial charge in [-0.3, -0.25) is 9.89 Å². The number of guanidine groups is 1. The van der Waals surface area contributed by atoms with E-state index in [4.69, 9.17) is 14.2 Å². The van der Waals surface area contributed by atoms with Gasteiger partial charge in [0.2, 0.25) is 0 Å². The zero-order valence-corrected chi connectivity index (χ0v) is 21.9. The molecular formula is C24H39IN4O3. The molecule has 3 fully saturated rings. The summed E-state index contributed by atoms with van der Waals surface area (Å²) in [5.74, 6) is 1.78. The number of aliphatic imine (C=N–C) groups is 1. The lowest BCUT2D eigenvalue weighted by atomic mass is 9.88. The Morgan fingerprint density at radius 3 is 2.62 bits per heavy atom. The van der Waals surface area contributed by atoms with Gasteiger partial charge in [-0.05, 0) is 57.3 Å². The van der Waals surface area contributed by atoms with E-state index in [0.29, 0.717) is 13.2 Å². The third-order valence-electron chi connectivity index (χ3n) is 6.86. The molecule has 0 saturated carbocycles. The predicted molar refractivity (Wildman–Crippen MR) is 138 cm³/mol. The van der Waals surface area contributed by atoms with Crippen LogP contribution in [-0.4, -0.2) is 75.6 Å². The average Bonchev–Trinajstić information content (AvgIpc) is 3.50. The lowest BCUT2D eigenvalue weighted by Gasteiger charge is -2.45. The highest BCUT2D eigenvalue weighted by Crippen LogP contribution is 2.31. The van der Waals surface area contributed by atoms with E-state index < -0.39 is 0 Å². The number of hydrogen-bond donors (Lipinski definition) is 2. The smallest absolute Gasteiger partial charge is 0.191 e. The van der Waals surface area contributed by atoms with E-state index in [0.717, 1.165) is 62.9 Å². The SMILES string of the molecule is CN=C(NCc1ccc(C)cc1OC1CCOC1)NCC1(N2CCCC2)CCOCC1.I. The van der Waals surface area contributed by atoms with Crippen LogP contribution in [0.15, 0.2) is 23.2 Å². The van der Waals surface area contributed by atoms with Crippen LogP contribution >= 0.6 is 24.0 Å². The highest BCUT2D eigenvalue weighted by atomic mass is 127. The van der Waals surface area contributed by atoms with Crippen molar-refractivity contribution in [3.8, 4) is 5.75 Å². The first kappa shape index (κ1) is 25.5. The van der Waals surface area contributed by atoms with Crippen LogP contribution in [0.4, 0.5) is 0 Å². The molecule has 1 atom stereocenters. The van der Waals surface area contributed by atoms with Crippen molar-refractivity contribution in [2.24, 2.45) is 4.99 Å². The van der Waals surface area contributed by atoms with E-state index in [1.54, 1.807) is 0 Å². The number of hydrogen-bond acceptors (Lipinski definition) is 5. The molecule has 0 bridgehead atoms. The van der Waals surface area contributed by atoms with Crippen LogP contribution in [0.5, 0.6) is 5.75 Å². The molecule has 0 amide bonds. The van der Waals surface area contributed by atoms with Crippen LogP contribution < -0.4 is 15.4 Å². The fraction of sp³-hybridized carbons (Fsp3) is 0.708. The summed E-state index contributed by atoms with van der Waals surface area (Å²) in [6, 6.07) is 6.40. The third kappa shape index (κ3) is 6.48. The van der Waals surface area contributed by atoms with Gasteiger partial charge in [0.15, 0.2) is 5.96 Å². The van der Waals surface area contributed by atoms with E-state index in [1.807, 2.05) is 7.05 Å². The minimum atomic E-state index is 0. The largest absolute Gasteiger partial charge is 0.488 e. The fourth-order valence-electron chi connectivity index (χ4n) is 4.90. The summed E-state index contributed by atoms with van der Waals surface area (Å²) < 4.78 is 17.4. The Bertz CT molecular complexity index is 743. The molecule has 7 nitrogen and oxygen atoms in total. The zero-order chi connectivity index (χ0) is 21.5. The number of likely N-dealkylation sites (tertiary alicyclic amines) is 1. The summed E-state index contributed by atoms with van der Waals surface area (Å²) in [5, 5.41) is 7.11. The lowest BCUT2D eigenvalue weighted by Crippen LogP contribution is -2.58. The van der Waals surface area contributed by atoms with Crippen LogP contribution in [0.25, 0.3) is 0 Å². The fourth-order valence-corrected chi connectivity index (χ4v) is 4.90. The van der Waals surface area contributed by atoms with E-state index in [2.05, 4.69) is 45.6 Å². The topological polar surface area (TPSA) is 67.4 Å². The van der Waals surface area contributed by atoms with Crippen molar-refractivity contribution in [3.63, 3.8) is 0 Å². The molecule has 8 heteroatoms. The van der Waals surface area contributed by atoms with Crippen molar-refractivity contribution in [2.75, 3.05) is 53.1 Å². The Hall–Kier alpha value is -1.10. The molecule has 180 valence electrons. The number of rotatable bonds is 7. The van der Waals surface area contributed by atoms with Crippen molar-refractivity contribution in [2.45, 2.75) is 57.2 Å². The highest BCUT2D eigenvalue weighted by Gasteiger charge is 2.39. The van der Waals surface area contributed by atoms with Crippen molar-refractivity contribution in [1.29, 1.82) is 0 Å². The van der Waals surface area contributed by atoms with Gasteiger partial charge >= 0.3 is 0 Å². The van der Waals surface area contributed by atoms with Gasteiger partial charge in [-0.1, -0.05) is 12.1 Å². The molecule has 0 radical (unpaired) electrons. The Labute approximate surface area is 209 Å². The normalized spacial score (nSPS) is 23.6. The number of nitrogens with one attached hydrogen (secondary N) is 2. The highest BCUT2D eigenvalue weighted by molar-refractivity contribution is 14.0. The average molecular weight is 559 g/mol. The molecule has 3 saturated heterocycles. The summed E-state index contributed by atoms with van der Waals surface area (Å²) in [5.41, 5.74) is 2.51. The summed E-state index contributed by atoms with van der Waals surface area (Å²) in [7, 11) is 1.84. The Morgan fingerprint density at radius 1 is 1.16 bits per heavy atom. The van der Waals surface area contributed by atoms with Crippen molar-refractivity contribution >= 4 is 29.9 Å². The van der Waals surface area contributed by atoms with Crippen LogP contribution in [0.3, 0.4) is 0 Å². The molecule has 3 heterocycles. The van der Waals surface area contributed by atoms with E-state index in [1.165, 1.54) is 31.5 Å². The van der Waals surface area contributed by atoms with Gasteiger partial charge in [-0.15, -0.1) is 24.0 Å². The molecule has 0 aliphatic carbocycles. The molecule has 3 aliphatic rings. The quantitative estimate of drug-likeness (QED) is 0.305. The van der Waals surface area contributed by atoms with Crippen LogP contribution in [0.1, 0.15) is 43.2 Å². The van der Waals surface area contributed by atoms with Gasteiger partial charge in [0.05, 0.1) is 13.2 Å². The molecule has 1 aromatic carbocycles. The number of ether oxygens (including phenoxy) is 3. The van der Waals surface area contributed by atoms with Crippen molar-refractivity contribution in [3.05, 3.63) is 29.3 Å². The van der Waals surface area contributed by atoms with Crippen LogP contribution in [0, 0.1) is 6.92 Å². The van der Waals surface area contributed by atoms with Gasteiger partial charge in [0.25, 0.3) is 0 Å². The standard InChI is InChI=1S/C24H38N4O3.HI/c1-19-5-6-20(22(15-19)31-21-7-12-30-17-21)16-26-23(25-2)27-18-24(8-13-29-14-9-24)28-10-3-4-11-28;/h5-6,15,21H,3-4,7-14,16-18H2,1-2H3,(H2,25,26,27);1H. The number of nitrogens with zero attached hydrogens (tertiary/aromatic N) is 2. The Kier molecular flexibility index (Phi) is 9.88. The molecule has 1 unspecified atom stereocenters. The second-order valence-corrected chi connectivity index (χ2v) is 9.02. The van der Waals surface area contributed by atoms with E-state index >= 15 is 0 Å². The number of benzene rings is 1. The van der Waals surface area contributed by atoms with Gasteiger partial charge in [-0.2, -0.15) is 0 Å². The summed E-state index contributed by atoms with van der Waals surface area (Å²) in [6.07, 6.45) is 5.86. The first-order valence-electron chi connectivity index (χ1n) is 11.8. The summed E-state index contributed by atoms with van der Waals surface area (Å²) in [4.78, 5) is 7.15. The second-order valence-electron chi connectivity index (χ2n) is 9.02. The molecule has 32 heavy (non-hydrogen) atoms. The van der Waals surface area contributed by atoms with Crippen LogP contribution in [0.2, 0.25) is 0 Å². The molecule has 1 aromatic rings. The molecule has 2 N–H and O–H groups in total. The van der Waals surface area contributed by atoms with Crippen LogP contribution in [-0.2, 0) is 16.0 Å². The maximum absolute atomic E-state index is 6.25. The molecule has 0 aromatic heterocycles. The van der Waals surface area contributed by atoms with E-state index in [9.17, 15) is 0 Å². The van der Waals surface area contributed by atoms with Gasteiger partial charge < -0.3 is 24.8 Å². The minimum absolute atomic E-state index is 0. The maximum atomic E-state index is 6.25. The molecule has 0 spiro atoms. The number of aryl methyl sites for hydroxylation is 1. The van der Waals surface area contributed by atoms with Crippen molar-refractivity contribution in [1.82, 2.24) is 15.5 Å². The summed E-state index contributed by atoms with van der Waals surface area (Å²) >= 11 is 0. The van der Waals surface area contributed by atoms with Gasteiger partial charge in [0.1, 0.15) is 11.9 Å². The van der Waals surface area contributed by atoms with Gasteiger partial charge in [-0.25, -0.2) is 0 Å². The first-order valence-corrected chi connectivity index (χ1v) is 11.8.